The van der Waals surface area contributed by atoms with Gasteiger partial charge in [0.25, 0.3) is 0 Å². The molecule has 1 atom stereocenters. The average Bonchev–Trinajstić information content (AvgIpc) is 2.57. The zero-order chi connectivity index (χ0) is 9.52. The smallest absolute Gasteiger partial charge is 0.0794 e. The molecule has 0 aliphatic rings. The Labute approximate surface area is 87.4 Å². The highest BCUT2D eigenvalue weighted by atomic mass is 32.2. The normalized spacial score (nSPS) is 13.1. The van der Waals surface area contributed by atoms with Crippen LogP contribution in [0.5, 0.6) is 0 Å². The quantitative estimate of drug-likeness (QED) is 0.742. The molecule has 0 aliphatic heterocycles. The summed E-state index contributed by atoms with van der Waals surface area (Å²) in [5.41, 5.74) is 1.81. The van der Waals surface area contributed by atoms with Crippen molar-refractivity contribution in [3.63, 3.8) is 0 Å². The molecule has 0 aliphatic carbocycles. The lowest BCUT2D eigenvalue weighted by atomic mass is 10.2. The first-order valence-corrected chi connectivity index (χ1v) is 6.49. The van der Waals surface area contributed by atoms with Gasteiger partial charge in [-0.05, 0) is 17.9 Å². The number of nitrogens with zero attached hydrogens (tertiary/aromatic N) is 1. The summed E-state index contributed by atoms with van der Waals surface area (Å²) in [6, 6.07) is 0. The molecule has 13 heavy (non-hydrogen) atoms. The molecule has 1 unspecified atom stereocenters. The number of hydrogen-bond donors (Lipinski definition) is 1. The van der Waals surface area contributed by atoms with Crippen molar-refractivity contribution in [2.24, 2.45) is 0 Å². The molecule has 0 saturated carbocycles. The highest BCUT2D eigenvalue weighted by molar-refractivity contribution is 7.99. The fourth-order valence-corrected chi connectivity index (χ4v) is 2.44. The number of rotatable bonds is 6. The number of aliphatic hydroxyl groups is 1. The first kappa shape index (κ1) is 11.0. The molecular formula is C9H15NOS2. The van der Waals surface area contributed by atoms with E-state index in [9.17, 15) is 5.11 Å². The van der Waals surface area contributed by atoms with Crippen LogP contribution in [0.25, 0.3) is 0 Å². The van der Waals surface area contributed by atoms with E-state index in [0.29, 0.717) is 0 Å². The van der Waals surface area contributed by atoms with Crippen molar-refractivity contribution in [2.75, 3.05) is 11.5 Å². The summed E-state index contributed by atoms with van der Waals surface area (Å²) in [6.07, 6.45) is 3.28. The molecule has 4 heteroatoms. The minimum absolute atomic E-state index is 0.195. The number of thiazole rings is 1. The van der Waals surface area contributed by atoms with Crippen molar-refractivity contribution >= 4 is 23.1 Å². The third-order valence-corrected chi connectivity index (χ3v) is 3.45. The summed E-state index contributed by atoms with van der Waals surface area (Å²) in [4.78, 5) is 5.15. The maximum Gasteiger partial charge on any atom is 0.0794 e. The average molecular weight is 217 g/mol. The maximum absolute atomic E-state index is 9.61. The molecule has 0 spiro atoms. The van der Waals surface area contributed by atoms with E-state index in [1.54, 1.807) is 11.3 Å². The Bertz CT molecular complexity index is 213. The zero-order valence-corrected chi connectivity index (χ0v) is 9.40. The van der Waals surface area contributed by atoms with Gasteiger partial charge in [0.1, 0.15) is 0 Å². The van der Waals surface area contributed by atoms with Gasteiger partial charge in [0.05, 0.1) is 11.6 Å². The maximum atomic E-state index is 9.61. The van der Waals surface area contributed by atoms with E-state index in [1.165, 1.54) is 4.88 Å². The van der Waals surface area contributed by atoms with E-state index in [4.69, 9.17) is 0 Å². The molecule has 1 aromatic heterocycles. The van der Waals surface area contributed by atoms with Crippen LogP contribution in [0.3, 0.4) is 0 Å². The van der Waals surface area contributed by atoms with E-state index < -0.39 is 0 Å². The third kappa shape index (κ3) is 4.64. The molecule has 0 amide bonds. The number of hydrogen-bond acceptors (Lipinski definition) is 4. The van der Waals surface area contributed by atoms with Crippen LogP contribution in [0, 0.1) is 0 Å². The van der Waals surface area contributed by atoms with Crippen LogP contribution < -0.4 is 0 Å². The van der Waals surface area contributed by atoms with Gasteiger partial charge in [0.15, 0.2) is 0 Å². The van der Waals surface area contributed by atoms with Gasteiger partial charge in [-0.25, -0.2) is 0 Å². The molecule has 1 N–H and O–H groups in total. The first-order valence-electron chi connectivity index (χ1n) is 4.46. The van der Waals surface area contributed by atoms with Crippen molar-refractivity contribution in [3.05, 3.63) is 16.6 Å². The standard InChI is InChI=1S/C9H15NOS2/c1-2-12-4-3-8(11)5-9-6-10-7-13-9/h6-8,11H,2-5H2,1H3. The SMILES string of the molecule is CCSCCC(O)Cc1cncs1. The molecule has 0 saturated heterocycles. The molecule has 0 bridgehead atoms. The van der Waals surface area contributed by atoms with Crippen LogP contribution in [0.4, 0.5) is 0 Å². The third-order valence-electron chi connectivity index (χ3n) is 1.72. The van der Waals surface area contributed by atoms with E-state index in [1.807, 2.05) is 23.5 Å². The fourth-order valence-electron chi connectivity index (χ4n) is 1.04. The molecule has 1 aromatic rings. The Morgan fingerprint density at radius 1 is 1.69 bits per heavy atom. The van der Waals surface area contributed by atoms with Crippen LogP contribution in [0.2, 0.25) is 0 Å². The van der Waals surface area contributed by atoms with E-state index in [-0.39, 0.29) is 6.10 Å². The second-order valence-corrected chi connectivity index (χ2v) is 5.18. The van der Waals surface area contributed by atoms with Crippen molar-refractivity contribution in [1.82, 2.24) is 4.98 Å². The van der Waals surface area contributed by atoms with Gasteiger partial charge in [0.2, 0.25) is 0 Å². The topological polar surface area (TPSA) is 33.1 Å². The van der Waals surface area contributed by atoms with Crippen LogP contribution in [-0.2, 0) is 6.42 Å². The highest BCUT2D eigenvalue weighted by Crippen LogP contribution is 2.12. The summed E-state index contributed by atoms with van der Waals surface area (Å²) in [6.45, 7) is 2.14. The molecule has 74 valence electrons. The molecule has 0 radical (unpaired) electrons. The summed E-state index contributed by atoms with van der Waals surface area (Å²) < 4.78 is 0. The second-order valence-electron chi connectivity index (χ2n) is 2.81. The molecular weight excluding hydrogens is 202 g/mol. The second kappa shape index (κ2) is 6.40. The Kier molecular flexibility index (Phi) is 5.43. The Morgan fingerprint density at radius 3 is 3.15 bits per heavy atom. The molecule has 0 fully saturated rings. The zero-order valence-electron chi connectivity index (χ0n) is 7.77. The summed E-state index contributed by atoms with van der Waals surface area (Å²) >= 11 is 3.49. The van der Waals surface area contributed by atoms with Crippen LogP contribution in [0.15, 0.2) is 11.7 Å². The fraction of sp³-hybridized carbons (Fsp3) is 0.667. The molecule has 1 rings (SSSR count). The number of aliphatic hydroxyl groups excluding tert-OH is 1. The monoisotopic (exact) mass is 217 g/mol. The molecule has 1 heterocycles. The van der Waals surface area contributed by atoms with E-state index in [2.05, 4.69) is 11.9 Å². The Hall–Kier alpha value is -0.0600. The minimum atomic E-state index is -0.195. The molecule has 2 nitrogen and oxygen atoms in total. The van der Waals surface area contributed by atoms with Gasteiger partial charge in [-0.3, -0.25) is 4.98 Å². The Morgan fingerprint density at radius 2 is 2.54 bits per heavy atom. The minimum Gasteiger partial charge on any atom is -0.393 e. The van der Waals surface area contributed by atoms with Gasteiger partial charge >= 0.3 is 0 Å². The van der Waals surface area contributed by atoms with Crippen molar-refractivity contribution in [2.45, 2.75) is 25.9 Å². The van der Waals surface area contributed by atoms with Crippen molar-refractivity contribution in [1.29, 1.82) is 0 Å². The van der Waals surface area contributed by atoms with Gasteiger partial charge in [0, 0.05) is 17.5 Å². The van der Waals surface area contributed by atoms with Crippen LogP contribution in [-0.4, -0.2) is 27.7 Å². The summed E-state index contributed by atoms with van der Waals surface area (Å²) in [5, 5.41) is 9.61. The van der Waals surface area contributed by atoms with Crippen LogP contribution >= 0.6 is 23.1 Å². The molecule has 0 aromatic carbocycles. The van der Waals surface area contributed by atoms with E-state index in [0.717, 1.165) is 24.3 Å². The predicted octanol–water partition coefficient (Wildman–Crippen LogP) is 2.19. The van der Waals surface area contributed by atoms with Crippen molar-refractivity contribution in [3.8, 4) is 0 Å². The Balaban J connectivity index is 2.14. The largest absolute Gasteiger partial charge is 0.393 e. The summed E-state index contributed by atoms with van der Waals surface area (Å²) in [7, 11) is 0. The lowest BCUT2D eigenvalue weighted by Gasteiger charge is -2.07. The number of aromatic nitrogens is 1. The van der Waals surface area contributed by atoms with E-state index >= 15 is 0 Å². The number of thioether (sulfide) groups is 1. The van der Waals surface area contributed by atoms with Gasteiger partial charge in [-0.2, -0.15) is 11.8 Å². The van der Waals surface area contributed by atoms with Gasteiger partial charge < -0.3 is 5.11 Å². The van der Waals surface area contributed by atoms with Gasteiger partial charge in [-0.15, -0.1) is 11.3 Å². The van der Waals surface area contributed by atoms with Crippen molar-refractivity contribution < 1.29 is 5.11 Å². The first-order chi connectivity index (χ1) is 6.33. The lowest BCUT2D eigenvalue weighted by Crippen LogP contribution is -2.10. The predicted molar refractivity (Wildman–Crippen MR) is 59.4 cm³/mol. The highest BCUT2D eigenvalue weighted by Gasteiger charge is 2.05. The van der Waals surface area contributed by atoms with Gasteiger partial charge in [-0.1, -0.05) is 6.92 Å². The summed E-state index contributed by atoms with van der Waals surface area (Å²) in [5.74, 6) is 2.18. The van der Waals surface area contributed by atoms with Crippen LogP contribution in [0.1, 0.15) is 18.2 Å². The lowest BCUT2D eigenvalue weighted by molar-refractivity contribution is 0.173.